The molecule has 1 saturated heterocycles. The number of guanidine groups is 1. The van der Waals surface area contributed by atoms with Crippen molar-refractivity contribution in [2.45, 2.75) is 111 Å². The van der Waals surface area contributed by atoms with Gasteiger partial charge in [-0.15, -0.1) is 0 Å². The normalized spacial score (nSPS) is 16.7. The van der Waals surface area contributed by atoms with E-state index in [0.717, 1.165) is 38.1 Å². The molecule has 0 aromatic rings. The first-order valence-electron chi connectivity index (χ1n) is 19.9. The van der Waals surface area contributed by atoms with Gasteiger partial charge in [0.15, 0.2) is 5.96 Å². The lowest BCUT2D eigenvalue weighted by molar-refractivity contribution is -0.136. The van der Waals surface area contributed by atoms with Gasteiger partial charge < -0.3 is 54.9 Å². The van der Waals surface area contributed by atoms with E-state index < -0.39 is 18.1 Å². The third-order valence-electron chi connectivity index (χ3n) is 9.28. The molecule has 1 aliphatic rings. The Morgan fingerprint density at radius 3 is 1.95 bits per heavy atom. The van der Waals surface area contributed by atoms with Gasteiger partial charge in [-0.1, -0.05) is 54.4 Å². The standard InChI is InChI=1S/C19H36N4O6.C17H36N4O2.C3H8/c1-14(17(27-3)16-5-4-8-23(16)13-24)18(25)22-15(2)19(26)21-7-10-29-12-11-28-9-6-20;1-10-13(3)16(14(11-2)23-9)21(8)15(22)12-18-17(19(4)5)20(6)7;1-3-2/h13-17H,4-12,20H2,1-3H3,(H,21,26)(H,22,25);13-14,16H,10-12H2,1-9H3;3H2,1-2H3/t14?,15-,16?,17?;;/m0../s1. The summed E-state index contributed by atoms with van der Waals surface area (Å²) in [6.45, 7) is 17.4. The van der Waals surface area contributed by atoms with E-state index in [1.807, 2.05) is 49.9 Å². The van der Waals surface area contributed by atoms with Crippen LogP contribution in [0.5, 0.6) is 0 Å². The maximum Gasteiger partial charge on any atom is 0.244 e. The van der Waals surface area contributed by atoms with Crippen LogP contribution in [-0.2, 0) is 38.1 Å². The van der Waals surface area contributed by atoms with Gasteiger partial charge in [0.05, 0.1) is 56.6 Å². The Morgan fingerprint density at radius 2 is 1.47 bits per heavy atom. The van der Waals surface area contributed by atoms with Crippen molar-refractivity contribution in [2.24, 2.45) is 22.6 Å². The number of nitrogens with one attached hydrogen (secondary N) is 2. The van der Waals surface area contributed by atoms with Gasteiger partial charge in [0.2, 0.25) is 24.1 Å². The molecule has 4 N–H and O–H groups in total. The van der Waals surface area contributed by atoms with Crippen molar-refractivity contribution in [3.63, 3.8) is 0 Å². The third kappa shape index (κ3) is 21.2. The van der Waals surface area contributed by atoms with E-state index in [0.29, 0.717) is 52.0 Å². The van der Waals surface area contributed by atoms with Crippen molar-refractivity contribution >= 4 is 30.1 Å². The molecule has 1 heterocycles. The van der Waals surface area contributed by atoms with Gasteiger partial charge in [0.25, 0.3) is 0 Å². The van der Waals surface area contributed by atoms with Crippen molar-refractivity contribution in [1.29, 1.82) is 0 Å². The zero-order valence-electron chi connectivity index (χ0n) is 36.9. The Morgan fingerprint density at radius 1 is 0.891 bits per heavy atom. The predicted octanol–water partition coefficient (Wildman–Crippen LogP) is 2.05. The van der Waals surface area contributed by atoms with Crippen LogP contribution in [0.4, 0.5) is 0 Å². The first-order valence-corrected chi connectivity index (χ1v) is 19.9. The SMILES string of the molecule is CCC.CCC(C)C(C(CC)OC)N(C)C(=O)CN=C(N(C)C)N(C)C.COC(C(C)C(=O)N[C@@H](C)C(=O)NCCOCCOCCN)C1CCCN1C=O. The highest BCUT2D eigenvalue weighted by Crippen LogP contribution is 2.25. The van der Waals surface area contributed by atoms with Crippen molar-refractivity contribution in [2.75, 3.05) is 102 Å². The Labute approximate surface area is 333 Å². The zero-order valence-corrected chi connectivity index (χ0v) is 36.9. The fourth-order valence-corrected chi connectivity index (χ4v) is 6.24. The molecule has 4 amide bonds. The number of likely N-dealkylation sites (N-methyl/N-ethyl adjacent to an activating group) is 1. The lowest BCUT2D eigenvalue weighted by atomic mass is 9.91. The lowest BCUT2D eigenvalue weighted by Crippen LogP contribution is -2.51. The summed E-state index contributed by atoms with van der Waals surface area (Å²) in [6.07, 6.45) is 5.24. The summed E-state index contributed by atoms with van der Waals surface area (Å²) in [6, 6.07) is -0.755. The summed E-state index contributed by atoms with van der Waals surface area (Å²) < 4.78 is 21.6. The van der Waals surface area contributed by atoms with Crippen LogP contribution in [-0.4, -0.2) is 182 Å². The van der Waals surface area contributed by atoms with E-state index in [9.17, 15) is 19.2 Å². The molecule has 0 radical (unpaired) electrons. The van der Waals surface area contributed by atoms with Crippen molar-refractivity contribution in [1.82, 2.24) is 30.2 Å². The second-order valence-corrected chi connectivity index (χ2v) is 14.3. The maximum absolute atomic E-state index is 12.6. The molecule has 0 aliphatic carbocycles. The minimum atomic E-state index is -0.693. The second kappa shape index (κ2) is 32.1. The van der Waals surface area contributed by atoms with E-state index in [1.54, 1.807) is 25.9 Å². The summed E-state index contributed by atoms with van der Waals surface area (Å²) in [5.41, 5.74) is 5.31. The predicted molar refractivity (Wildman–Crippen MR) is 220 cm³/mol. The molecule has 0 saturated carbocycles. The molecule has 1 fully saturated rings. The third-order valence-corrected chi connectivity index (χ3v) is 9.28. The van der Waals surface area contributed by atoms with Crippen LogP contribution in [0.3, 0.4) is 0 Å². The number of nitrogens with zero attached hydrogens (tertiary/aromatic N) is 5. The van der Waals surface area contributed by atoms with Crippen LogP contribution in [0, 0.1) is 11.8 Å². The van der Waals surface area contributed by atoms with Gasteiger partial charge in [0, 0.05) is 69.1 Å². The molecule has 1 rings (SSSR count). The zero-order chi connectivity index (χ0) is 42.5. The molecule has 6 unspecified atom stereocenters. The number of amides is 4. The number of ether oxygens (including phenoxy) is 4. The van der Waals surface area contributed by atoms with Crippen LogP contribution in [0.25, 0.3) is 0 Å². The van der Waals surface area contributed by atoms with E-state index in [2.05, 4.69) is 50.2 Å². The Hall–Kier alpha value is -3.05. The Bertz CT molecular complexity index is 1050. The summed E-state index contributed by atoms with van der Waals surface area (Å²) >= 11 is 0. The quantitative estimate of drug-likeness (QED) is 0.0597. The van der Waals surface area contributed by atoms with Crippen LogP contribution in [0.1, 0.15) is 80.6 Å². The lowest BCUT2D eigenvalue weighted by Gasteiger charge is -2.37. The first-order chi connectivity index (χ1) is 26.1. The van der Waals surface area contributed by atoms with Crippen LogP contribution in [0.2, 0.25) is 0 Å². The Kier molecular flexibility index (Phi) is 31.5. The van der Waals surface area contributed by atoms with Gasteiger partial charge in [0.1, 0.15) is 12.6 Å². The number of carbonyl (C=O) groups excluding carboxylic acids is 4. The molecule has 0 spiro atoms. The van der Waals surface area contributed by atoms with E-state index in [4.69, 9.17) is 24.7 Å². The molecular weight excluding hydrogens is 708 g/mol. The number of hydrogen-bond donors (Lipinski definition) is 3. The highest BCUT2D eigenvalue weighted by Gasteiger charge is 2.38. The summed E-state index contributed by atoms with van der Waals surface area (Å²) in [7, 11) is 12.8. The molecule has 16 heteroatoms. The minimum Gasteiger partial charge on any atom is -0.379 e. The van der Waals surface area contributed by atoms with Crippen LogP contribution >= 0.6 is 0 Å². The topological polar surface area (TPSA) is 181 Å². The van der Waals surface area contributed by atoms with Crippen LogP contribution in [0.15, 0.2) is 4.99 Å². The average Bonchev–Trinajstić information content (AvgIpc) is 3.63. The van der Waals surface area contributed by atoms with Gasteiger partial charge in [-0.2, -0.15) is 0 Å². The van der Waals surface area contributed by atoms with E-state index in [1.165, 1.54) is 13.5 Å². The maximum atomic E-state index is 12.6. The smallest absolute Gasteiger partial charge is 0.244 e. The molecule has 324 valence electrons. The van der Waals surface area contributed by atoms with Gasteiger partial charge in [-0.3, -0.25) is 19.2 Å². The summed E-state index contributed by atoms with van der Waals surface area (Å²) in [4.78, 5) is 60.3. The number of rotatable bonds is 23. The largest absolute Gasteiger partial charge is 0.379 e. The van der Waals surface area contributed by atoms with Crippen molar-refractivity contribution in [3.8, 4) is 0 Å². The highest BCUT2D eigenvalue weighted by atomic mass is 16.5. The fraction of sp³-hybridized carbons (Fsp3) is 0.872. The monoisotopic (exact) mass is 789 g/mol. The molecule has 0 bridgehead atoms. The average molecular weight is 789 g/mol. The number of nitrogens with two attached hydrogens (primary N) is 1. The minimum absolute atomic E-state index is 0.0204. The van der Waals surface area contributed by atoms with Gasteiger partial charge in [-0.05, 0) is 32.1 Å². The van der Waals surface area contributed by atoms with E-state index in [-0.39, 0.29) is 42.5 Å². The number of aliphatic imine (C=N–C) groups is 1. The van der Waals surface area contributed by atoms with E-state index >= 15 is 0 Å². The second-order valence-electron chi connectivity index (χ2n) is 14.3. The first kappa shape index (κ1) is 54.1. The molecular formula is C39H80N8O8. The molecule has 1 aliphatic heterocycles. The number of hydrogen-bond acceptors (Lipinski definition) is 10. The summed E-state index contributed by atoms with van der Waals surface area (Å²) in [5.74, 6) is 0.0960. The number of carbonyl (C=O) groups is 4. The molecule has 0 aromatic heterocycles. The number of likely N-dealkylation sites (tertiary alicyclic amines) is 1. The number of methoxy groups -OCH3 is 2. The Balaban J connectivity index is 0. The van der Waals surface area contributed by atoms with Crippen molar-refractivity contribution in [3.05, 3.63) is 0 Å². The molecule has 0 aromatic carbocycles. The van der Waals surface area contributed by atoms with Crippen LogP contribution < -0.4 is 16.4 Å². The fourth-order valence-electron chi connectivity index (χ4n) is 6.24. The summed E-state index contributed by atoms with van der Waals surface area (Å²) in [5, 5.41) is 5.43. The van der Waals surface area contributed by atoms with Crippen molar-refractivity contribution < 1.29 is 38.1 Å². The van der Waals surface area contributed by atoms with Gasteiger partial charge >= 0.3 is 0 Å². The van der Waals surface area contributed by atoms with Gasteiger partial charge in [-0.25, -0.2) is 4.99 Å². The molecule has 16 nitrogen and oxygen atoms in total. The molecule has 55 heavy (non-hydrogen) atoms. The molecule has 7 atom stereocenters. The highest BCUT2D eigenvalue weighted by molar-refractivity contribution is 5.88.